The Bertz CT molecular complexity index is 662. The monoisotopic (exact) mass is 309 g/mol. The van der Waals surface area contributed by atoms with Crippen LogP contribution in [0.4, 0.5) is 0 Å². The lowest BCUT2D eigenvalue weighted by Crippen LogP contribution is -2.14. The summed E-state index contributed by atoms with van der Waals surface area (Å²) in [6.45, 7) is 5.98. The first-order valence-corrected chi connectivity index (χ1v) is 6.70. The highest BCUT2D eigenvalue weighted by atomic mass is 35.5. The zero-order valence-electron chi connectivity index (χ0n) is 12.0. The van der Waals surface area contributed by atoms with Crippen LogP contribution < -0.4 is 10.5 Å². The van der Waals surface area contributed by atoms with Crippen molar-refractivity contribution in [3.05, 3.63) is 40.5 Å². The van der Waals surface area contributed by atoms with E-state index in [0.29, 0.717) is 22.5 Å². The van der Waals surface area contributed by atoms with E-state index >= 15 is 0 Å². The smallest absolute Gasteiger partial charge is 0.264 e. The molecular formula is C14H16ClN3O3. The summed E-state index contributed by atoms with van der Waals surface area (Å²) in [5.74, 6) is 0.619. The Morgan fingerprint density at radius 2 is 2.14 bits per heavy atom. The maximum absolute atomic E-state index is 11.4. The van der Waals surface area contributed by atoms with Gasteiger partial charge in [0.2, 0.25) is 0 Å². The predicted molar refractivity (Wildman–Crippen MR) is 77.3 cm³/mol. The van der Waals surface area contributed by atoms with Crippen molar-refractivity contribution >= 4 is 17.5 Å². The van der Waals surface area contributed by atoms with Gasteiger partial charge in [0.1, 0.15) is 5.75 Å². The van der Waals surface area contributed by atoms with Crippen molar-refractivity contribution in [1.29, 1.82) is 0 Å². The maximum Gasteiger partial charge on any atom is 0.264 e. The number of benzene rings is 1. The zero-order chi connectivity index (χ0) is 15.6. The maximum atomic E-state index is 11.4. The van der Waals surface area contributed by atoms with E-state index in [1.807, 2.05) is 20.8 Å². The summed E-state index contributed by atoms with van der Waals surface area (Å²) < 4.78 is 10.6. The molecule has 0 aliphatic rings. The van der Waals surface area contributed by atoms with Gasteiger partial charge in [0.05, 0.1) is 5.56 Å². The molecule has 2 N–H and O–H groups in total. The second kappa shape index (κ2) is 5.73. The zero-order valence-corrected chi connectivity index (χ0v) is 12.8. The van der Waals surface area contributed by atoms with Gasteiger partial charge in [-0.3, -0.25) is 4.79 Å². The van der Waals surface area contributed by atoms with Crippen molar-refractivity contribution in [3.63, 3.8) is 0 Å². The van der Waals surface area contributed by atoms with E-state index in [0.717, 1.165) is 0 Å². The normalized spacial score (nSPS) is 11.4. The molecule has 0 radical (unpaired) electrons. The number of ether oxygens (including phenoxy) is 1. The first-order chi connectivity index (χ1) is 9.77. The lowest BCUT2D eigenvalue weighted by molar-refractivity contribution is 0.0995. The molecule has 1 aromatic heterocycles. The van der Waals surface area contributed by atoms with Gasteiger partial charge in [-0.15, -0.1) is 0 Å². The van der Waals surface area contributed by atoms with Crippen molar-refractivity contribution < 1.29 is 14.1 Å². The van der Waals surface area contributed by atoms with Crippen LogP contribution in [0.5, 0.6) is 5.75 Å². The molecule has 1 heterocycles. The Balaban J connectivity index is 2.13. The average molecular weight is 310 g/mol. The molecule has 7 heteroatoms. The quantitative estimate of drug-likeness (QED) is 0.937. The SMILES string of the molecule is CC(C)(C)c1noc(COc2ccc(Cl)cc2C(N)=O)n1. The standard InChI is InChI=1S/C14H16ClN3O3/c1-14(2,3)13-17-11(21-18-13)7-20-10-5-4-8(15)6-9(10)12(16)19/h4-6H,7H2,1-3H3,(H2,16,19). The highest BCUT2D eigenvalue weighted by molar-refractivity contribution is 6.31. The van der Waals surface area contributed by atoms with Gasteiger partial charge in [-0.1, -0.05) is 37.5 Å². The Morgan fingerprint density at radius 3 is 2.71 bits per heavy atom. The van der Waals surface area contributed by atoms with Crippen LogP contribution in [0.25, 0.3) is 0 Å². The average Bonchev–Trinajstić information content (AvgIpc) is 2.85. The van der Waals surface area contributed by atoms with Gasteiger partial charge < -0.3 is 15.0 Å². The topological polar surface area (TPSA) is 91.2 Å². The number of nitrogens with two attached hydrogens (primary N) is 1. The van der Waals surface area contributed by atoms with E-state index < -0.39 is 5.91 Å². The van der Waals surface area contributed by atoms with E-state index in [1.54, 1.807) is 12.1 Å². The Kier molecular flexibility index (Phi) is 4.18. The fourth-order valence-corrected chi connectivity index (χ4v) is 1.75. The van der Waals surface area contributed by atoms with Crippen LogP contribution in [0.15, 0.2) is 22.7 Å². The predicted octanol–water partition coefficient (Wildman–Crippen LogP) is 2.70. The van der Waals surface area contributed by atoms with Crippen LogP contribution in [0, 0.1) is 0 Å². The molecule has 0 aliphatic heterocycles. The van der Waals surface area contributed by atoms with Gasteiger partial charge in [-0.25, -0.2) is 0 Å². The van der Waals surface area contributed by atoms with E-state index in [4.69, 9.17) is 26.6 Å². The summed E-state index contributed by atoms with van der Waals surface area (Å²) in [6.07, 6.45) is 0. The molecule has 21 heavy (non-hydrogen) atoms. The first-order valence-electron chi connectivity index (χ1n) is 6.32. The summed E-state index contributed by atoms with van der Waals surface area (Å²) in [6, 6.07) is 4.63. The fourth-order valence-electron chi connectivity index (χ4n) is 1.58. The number of carbonyl (C=O) groups is 1. The van der Waals surface area contributed by atoms with E-state index in [2.05, 4.69) is 10.1 Å². The molecule has 2 aromatic rings. The summed E-state index contributed by atoms with van der Waals surface area (Å²) in [7, 11) is 0. The second-order valence-electron chi connectivity index (χ2n) is 5.56. The summed E-state index contributed by atoms with van der Waals surface area (Å²) in [5.41, 5.74) is 5.28. The van der Waals surface area contributed by atoms with Crippen LogP contribution in [0.1, 0.15) is 42.8 Å². The van der Waals surface area contributed by atoms with Crippen molar-refractivity contribution in [2.45, 2.75) is 32.8 Å². The van der Waals surface area contributed by atoms with Gasteiger partial charge in [0, 0.05) is 10.4 Å². The third-order valence-electron chi connectivity index (χ3n) is 2.70. The second-order valence-corrected chi connectivity index (χ2v) is 5.99. The van der Waals surface area contributed by atoms with Crippen LogP contribution in [0.3, 0.4) is 0 Å². The van der Waals surface area contributed by atoms with E-state index in [-0.39, 0.29) is 17.6 Å². The molecule has 0 aliphatic carbocycles. The van der Waals surface area contributed by atoms with Crippen molar-refractivity contribution in [3.8, 4) is 5.75 Å². The van der Waals surface area contributed by atoms with Crippen molar-refractivity contribution in [1.82, 2.24) is 10.1 Å². The number of amides is 1. The first kappa shape index (κ1) is 15.3. The number of aromatic nitrogens is 2. The molecule has 0 fully saturated rings. The molecule has 0 saturated heterocycles. The molecule has 112 valence electrons. The molecule has 0 bridgehead atoms. The largest absolute Gasteiger partial charge is 0.483 e. The Morgan fingerprint density at radius 1 is 1.43 bits per heavy atom. The summed E-state index contributed by atoms with van der Waals surface area (Å²) in [4.78, 5) is 15.6. The Labute approximate surface area is 127 Å². The number of carbonyl (C=O) groups excluding carboxylic acids is 1. The fraction of sp³-hybridized carbons (Fsp3) is 0.357. The lowest BCUT2D eigenvalue weighted by atomic mass is 9.96. The molecular weight excluding hydrogens is 294 g/mol. The molecule has 6 nitrogen and oxygen atoms in total. The van der Waals surface area contributed by atoms with E-state index in [9.17, 15) is 4.79 Å². The molecule has 0 spiro atoms. The minimum Gasteiger partial charge on any atom is -0.483 e. The number of hydrogen-bond donors (Lipinski definition) is 1. The van der Waals surface area contributed by atoms with Gasteiger partial charge in [-0.2, -0.15) is 4.98 Å². The Hall–Kier alpha value is -2.08. The third-order valence-corrected chi connectivity index (χ3v) is 2.93. The minimum atomic E-state index is -0.617. The van der Waals surface area contributed by atoms with Crippen molar-refractivity contribution in [2.24, 2.45) is 5.73 Å². The van der Waals surface area contributed by atoms with Crippen LogP contribution >= 0.6 is 11.6 Å². The third kappa shape index (κ3) is 3.72. The molecule has 1 amide bonds. The van der Waals surface area contributed by atoms with Gasteiger partial charge in [0.15, 0.2) is 12.4 Å². The van der Waals surface area contributed by atoms with Crippen LogP contribution in [0.2, 0.25) is 5.02 Å². The van der Waals surface area contributed by atoms with Crippen molar-refractivity contribution in [2.75, 3.05) is 0 Å². The molecule has 1 aromatic carbocycles. The van der Waals surface area contributed by atoms with Gasteiger partial charge in [0.25, 0.3) is 11.8 Å². The van der Waals surface area contributed by atoms with Crippen LogP contribution in [-0.4, -0.2) is 16.0 Å². The number of primary amides is 1. The number of nitrogens with zero attached hydrogens (tertiary/aromatic N) is 2. The number of halogens is 1. The van der Waals surface area contributed by atoms with E-state index in [1.165, 1.54) is 6.07 Å². The number of rotatable bonds is 4. The summed E-state index contributed by atoms with van der Waals surface area (Å²) in [5, 5.41) is 4.30. The highest BCUT2D eigenvalue weighted by Crippen LogP contribution is 2.24. The van der Waals surface area contributed by atoms with Gasteiger partial charge in [-0.05, 0) is 18.2 Å². The highest BCUT2D eigenvalue weighted by Gasteiger charge is 2.21. The molecule has 0 saturated carbocycles. The molecule has 0 unspecified atom stereocenters. The number of hydrogen-bond acceptors (Lipinski definition) is 5. The van der Waals surface area contributed by atoms with Gasteiger partial charge >= 0.3 is 0 Å². The van der Waals surface area contributed by atoms with Crippen LogP contribution in [-0.2, 0) is 12.0 Å². The minimum absolute atomic E-state index is 0.0466. The molecule has 0 atom stereocenters. The summed E-state index contributed by atoms with van der Waals surface area (Å²) >= 11 is 5.83. The molecule has 2 rings (SSSR count). The lowest BCUT2D eigenvalue weighted by Gasteiger charge is -2.11.